The van der Waals surface area contributed by atoms with Crippen molar-refractivity contribution in [2.45, 2.75) is 25.7 Å². The van der Waals surface area contributed by atoms with Gasteiger partial charge in [0.15, 0.2) is 6.61 Å². The standard InChI is InChI=1S/C14H21NO3Si/c1-19(2,3)9-8-17-11-15-12-6-4-5-7-13(12)18-10-14(15)16/h4-7H,8-11H2,1-3H3. The average Bonchev–Trinajstić information content (AvgIpc) is 2.35. The highest BCUT2D eigenvalue weighted by molar-refractivity contribution is 6.76. The van der Waals surface area contributed by atoms with Crippen LogP contribution in [0.25, 0.3) is 0 Å². The van der Waals surface area contributed by atoms with E-state index in [0.29, 0.717) is 13.3 Å². The van der Waals surface area contributed by atoms with E-state index in [-0.39, 0.29) is 12.5 Å². The Morgan fingerprint density at radius 3 is 2.79 bits per heavy atom. The van der Waals surface area contributed by atoms with E-state index in [0.717, 1.165) is 17.5 Å². The molecule has 0 fully saturated rings. The lowest BCUT2D eigenvalue weighted by atomic mass is 10.2. The quantitative estimate of drug-likeness (QED) is 0.614. The molecule has 1 aliphatic heterocycles. The fourth-order valence-corrected chi connectivity index (χ4v) is 2.59. The summed E-state index contributed by atoms with van der Waals surface area (Å²) in [4.78, 5) is 13.5. The lowest BCUT2D eigenvalue weighted by Crippen LogP contribution is -2.40. The van der Waals surface area contributed by atoms with Gasteiger partial charge < -0.3 is 9.47 Å². The second-order valence-corrected chi connectivity index (χ2v) is 11.5. The van der Waals surface area contributed by atoms with Gasteiger partial charge in [0.2, 0.25) is 0 Å². The van der Waals surface area contributed by atoms with Crippen molar-refractivity contribution >= 4 is 19.7 Å². The summed E-state index contributed by atoms with van der Waals surface area (Å²) in [6.07, 6.45) is 0. The Morgan fingerprint density at radius 1 is 1.32 bits per heavy atom. The minimum absolute atomic E-state index is 0.0493. The molecule has 1 heterocycles. The molecule has 0 N–H and O–H groups in total. The van der Waals surface area contributed by atoms with Gasteiger partial charge in [0.1, 0.15) is 12.5 Å². The molecule has 1 aliphatic rings. The zero-order valence-corrected chi connectivity index (χ0v) is 12.8. The Hall–Kier alpha value is -1.33. The summed E-state index contributed by atoms with van der Waals surface area (Å²) in [7, 11) is -1.09. The maximum Gasteiger partial charge on any atom is 0.266 e. The molecule has 0 atom stereocenters. The van der Waals surface area contributed by atoms with Crippen molar-refractivity contribution in [2.75, 3.05) is 24.8 Å². The summed E-state index contributed by atoms with van der Waals surface area (Å²) in [5.74, 6) is 0.697. The maximum absolute atomic E-state index is 11.9. The largest absolute Gasteiger partial charge is 0.482 e. The third-order valence-electron chi connectivity index (χ3n) is 3.03. The van der Waals surface area contributed by atoms with Crippen molar-refractivity contribution in [3.63, 3.8) is 0 Å². The summed E-state index contributed by atoms with van der Waals surface area (Å²) >= 11 is 0. The summed E-state index contributed by atoms with van der Waals surface area (Å²) in [6.45, 7) is 8.04. The van der Waals surface area contributed by atoms with Gasteiger partial charge in [-0.15, -0.1) is 0 Å². The predicted molar refractivity (Wildman–Crippen MR) is 78.4 cm³/mol. The van der Waals surface area contributed by atoms with Crippen molar-refractivity contribution in [3.05, 3.63) is 24.3 Å². The molecule has 1 aromatic carbocycles. The third-order valence-corrected chi connectivity index (χ3v) is 4.73. The van der Waals surface area contributed by atoms with E-state index in [9.17, 15) is 4.79 Å². The van der Waals surface area contributed by atoms with E-state index in [4.69, 9.17) is 9.47 Å². The fourth-order valence-electron chi connectivity index (χ4n) is 1.83. The highest BCUT2D eigenvalue weighted by atomic mass is 28.3. The van der Waals surface area contributed by atoms with Crippen LogP contribution in [0.15, 0.2) is 24.3 Å². The number of anilines is 1. The van der Waals surface area contributed by atoms with Crippen LogP contribution in [0.2, 0.25) is 25.7 Å². The van der Waals surface area contributed by atoms with Crippen LogP contribution in [0.5, 0.6) is 5.75 Å². The molecule has 4 nitrogen and oxygen atoms in total. The highest BCUT2D eigenvalue weighted by Gasteiger charge is 2.25. The smallest absolute Gasteiger partial charge is 0.266 e. The first-order chi connectivity index (χ1) is 8.97. The number of amides is 1. The van der Waals surface area contributed by atoms with Crippen LogP contribution in [-0.4, -0.2) is 33.9 Å². The van der Waals surface area contributed by atoms with Gasteiger partial charge in [-0.25, -0.2) is 0 Å². The van der Waals surface area contributed by atoms with Crippen LogP contribution in [-0.2, 0) is 9.53 Å². The van der Waals surface area contributed by atoms with E-state index in [1.54, 1.807) is 4.90 Å². The van der Waals surface area contributed by atoms with Crippen molar-refractivity contribution < 1.29 is 14.3 Å². The summed E-state index contributed by atoms with van der Waals surface area (Å²) < 4.78 is 11.0. The number of ether oxygens (including phenoxy) is 2. The van der Waals surface area contributed by atoms with Crippen molar-refractivity contribution in [3.8, 4) is 5.75 Å². The van der Waals surface area contributed by atoms with Crippen LogP contribution in [0, 0.1) is 0 Å². The van der Waals surface area contributed by atoms with Gasteiger partial charge in [-0.05, 0) is 18.2 Å². The Morgan fingerprint density at radius 2 is 2.05 bits per heavy atom. The molecule has 0 saturated carbocycles. The van der Waals surface area contributed by atoms with Gasteiger partial charge in [-0.2, -0.15) is 0 Å². The number of hydrogen-bond acceptors (Lipinski definition) is 3. The van der Waals surface area contributed by atoms with Crippen LogP contribution in [0.3, 0.4) is 0 Å². The zero-order chi connectivity index (χ0) is 13.9. The second-order valence-electron chi connectivity index (χ2n) is 5.93. The lowest BCUT2D eigenvalue weighted by molar-refractivity contribution is -0.122. The number of para-hydroxylation sites is 2. The van der Waals surface area contributed by atoms with E-state index in [1.807, 2.05) is 24.3 Å². The van der Waals surface area contributed by atoms with Gasteiger partial charge in [-0.1, -0.05) is 31.8 Å². The van der Waals surface area contributed by atoms with Crippen LogP contribution in [0.1, 0.15) is 0 Å². The maximum atomic E-state index is 11.9. The number of rotatable bonds is 5. The zero-order valence-electron chi connectivity index (χ0n) is 11.8. The molecule has 2 rings (SSSR count). The van der Waals surface area contributed by atoms with Gasteiger partial charge in [0, 0.05) is 14.7 Å². The van der Waals surface area contributed by atoms with Crippen LogP contribution in [0.4, 0.5) is 5.69 Å². The number of fused-ring (bicyclic) bond motifs is 1. The van der Waals surface area contributed by atoms with Gasteiger partial charge >= 0.3 is 0 Å². The molecule has 1 amide bonds. The molecule has 0 radical (unpaired) electrons. The third kappa shape index (κ3) is 3.81. The number of carbonyl (C=O) groups excluding carboxylic acids is 1. The van der Waals surface area contributed by atoms with E-state index < -0.39 is 8.07 Å². The van der Waals surface area contributed by atoms with Crippen molar-refractivity contribution in [1.82, 2.24) is 0 Å². The molecule has 0 unspecified atom stereocenters. The Bertz CT molecular complexity index is 456. The molecular weight excluding hydrogens is 258 g/mol. The number of benzene rings is 1. The van der Waals surface area contributed by atoms with Crippen LogP contribution < -0.4 is 9.64 Å². The molecular formula is C14H21NO3Si. The summed E-state index contributed by atoms with van der Waals surface area (Å²) in [6, 6.07) is 8.66. The van der Waals surface area contributed by atoms with E-state index in [1.165, 1.54) is 0 Å². The first kappa shape index (κ1) is 14.1. The monoisotopic (exact) mass is 279 g/mol. The topological polar surface area (TPSA) is 38.8 Å². The number of hydrogen-bond donors (Lipinski definition) is 0. The Labute approximate surface area is 115 Å². The lowest BCUT2D eigenvalue weighted by Gasteiger charge is -2.29. The fraction of sp³-hybridized carbons (Fsp3) is 0.500. The molecule has 0 aliphatic carbocycles. The first-order valence-electron chi connectivity index (χ1n) is 6.57. The van der Waals surface area contributed by atoms with E-state index >= 15 is 0 Å². The van der Waals surface area contributed by atoms with Crippen molar-refractivity contribution in [1.29, 1.82) is 0 Å². The molecule has 0 aromatic heterocycles. The molecule has 0 saturated heterocycles. The van der Waals surface area contributed by atoms with Crippen LogP contribution >= 0.6 is 0 Å². The van der Waals surface area contributed by atoms with Gasteiger partial charge in [0.25, 0.3) is 5.91 Å². The normalized spacial score (nSPS) is 15.1. The highest BCUT2D eigenvalue weighted by Crippen LogP contribution is 2.31. The Balaban J connectivity index is 1.94. The molecule has 0 bridgehead atoms. The van der Waals surface area contributed by atoms with Crippen molar-refractivity contribution in [2.24, 2.45) is 0 Å². The molecule has 1 aromatic rings. The SMILES string of the molecule is C[Si](C)(C)CCOCN1C(=O)COc2ccccc21. The summed E-state index contributed by atoms with van der Waals surface area (Å²) in [5, 5.41) is 0. The van der Waals surface area contributed by atoms with Gasteiger partial charge in [-0.3, -0.25) is 9.69 Å². The van der Waals surface area contributed by atoms with Gasteiger partial charge in [0.05, 0.1) is 5.69 Å². The minimum Gasteiger partial charge on any atom is -0.482 e. The first-order valence-corrected chi connectivity index (χ1v) is 10.3. The molecule has 19 heavy (non-hydrogen) atoms. The molecule has 0 spiro atoms. The predicted octanol–water partition coefficient (Wildman–Crippen LogP) is 2.72. The number of carbonyl (C=O) groups is 1. The second kappa shape index (κ2) is 5.75. The molecule has 104 valence electrons. The van der Waals surface area contributed by atoms with E-state index in [2.05, 4.69) is 19.6 Å². The minimum atomic E-state index is -1.09. The summed E-state index contributed by atoms with van der Waals surface area (Å²) in [5.41, 5.74) is 0.798. The molecule has 5 heteroatoms. The average molecular weight is 279 g/mol. The number of nitrogens with zero attached hydrogens (tertiary/aromatic N) is 1. The Kier molecular flexibility index (Phi) is 4.26.